The van der Waals surface area contributed by atoms with Gasteiger partial charge in [-0.05, 0) is 25.2 Å². The van der Waals surface area contributed by atoms with Gasteiger partial charge in [0, 0.05) is 19.3 Å². The monoisotopic (exact) mass is 639 g/mol. The molecule has 0 aliphatic heterocycles. The summed E-state index contributed by atoms with van der Waals surface area (Å²) in [6, 6.07) is 0. The predicted molar refractivity (Wildman–Crippen MR) is 187 cm³/mol. The highest BCUT2D eigenvalue weighted by Crippen LogP contribution is 2.15. The Morgan fingerprint density at radius 1 is 0.422 bits per heavy atom. The van der Waals surface area contributed by atoms with Crippen molar-refractivity contribution in [2.75, 3.05) is 13.2 Å². The van der Waals surface area contributed by atoms with E-state index in [2.05, 4.69) is 27.7 Å². The standard InChI is InChI=1S/C39H74O6/c1-5-7-9-11-12-13-14-15-16-19-23-26-30-37(40)43-33-36(45-39(42)32-28-21-10-8-6-2)34-44-38(41)31-27-24-20-17-18-22-25-29-35(3)4/h35-36H,5-34H2,1-4H3/t36-/m0/s1. The molecular formula is C39H74O6. The van der Waals surface area contributed by atoms with Crippen molar-refractivity contribution in [2.45, 2.75) is 214 Å². The molecule has 0 unspecified atom stereocenters. The van der Waals surface area contributed by atoms with Gasteiger partial charge in [0.15, 0.2) is 6.10 Å². The summed E-state index contributed by atoms with van der Waals surface area (Å²) in [6.45, 7) is 8.83. The molecule has 6 nitrogen and oxygen atoms in total. The van der Waals surface area contributed by atoms with E-state index in [1.165, 1.54) is 96.3 Å². The normalized spacial score (nSPS) is 11.9. The maximum Gasteiger partial charge on any atom is 0.306 e. The van der Waals surface area contributed by atoms with E-state index < -0.39 is 6.10 Å². The average Bonchev–Trinajstić information content (AvgIpc) is 3.01. The molecule has 0 aromatic carbocycles. The number of ether oxygens (including phenoxy) is 3. The molecule has 0 fully saturated rings. The lowest BCUT2D eigenvalue weighted by molar-refractivity contribution is -0.167. The second kappa shape index (κ2) is 33.8. The topological polar surface area (TPSA) is 78.9 Å². The Kier molecular flexibility index (Phi) is 32.6. The van der Waals surface area contributed by atoms with Crippen LogP contribution in [0.5, 0.6) is 0 Å². The van der Waals surface area contributed by atoms with E-state index >= 15 is 0 Å². The van der Waals surface area contributed by atoms with Gasteiger partial charge in [-0.1, -0.05) is 169 Å². The molecule has 6 heteroatoms. The molecule has 0 spiro atoms. The number of carbonyl (C=O) groups is 3. The van der Waals surface area contributed by atoms with Gasteiger partial charge in [0.05, 0.1) is 0 Å². The van der Waals surface area contributed by atoms with Gasteiger partial charge < -0.3 is 14.2 Å². The maximum atomic E-state index is 12.4. The molecule has 0 rings (SSSR count). The third kappa shape index (κ3) is 33.6. The number of hydrogen-bond donors (Lipinski definition) is 0. The van der Waals surface area contributed by atoms with Crippen LogP contribution in [0.25, 0.3) is 0 Å². The van der Waals surface area contributed by atoms with Crippen LogP contribution in [-0.2, 0) is 28.6 Å². The predicted octanol–water partition coefficient (Wildman–Crippen LogP) is 11.6. The molecule has 0 N–H and O–H groups in total. The minimum atomic E-state index is -0.756. The summed E-state index contributed by atoms with van der Waals surface area (Å²) < 4.78 is 16.5. The first-order chi connectivity index (χ1) is 21.9. The van der Waals surface area contributed by atoms with Crippen LogP contribution in [0.1, 0.15) is 207 Å². The molecular weight excluding hydrogens is 564 g/mol. The van der Waals surface area contributed by atoms with Crippen molar-refractivity contribution < 1.29 is 28.6 Å². The van der Waals surface area contributed by atoms with Crippen molar-refractivity contribution >= 4 is 17.9 Å². The number of carbonyl (C=O) groups excluding carboxylic acids is 3. The highest BCUT2D eigenvalue weighted by molar-refractivity contribution is 5.71. The summed E-state index contributed by atoms with van der Waals surface area (Å²) in [5.74, 6) is -0.0997. The smallest absolute Gasteiger partial charge is 0.306 e. The Balaban J connectivity index is 4.23. The summed E-state index contributed by atoms with van der Waals surface area (Å²) in [4.78, 5) is 37.2. The third-order valence-corrected chi connectivity index (χ3v) is 8.54. The van der Waals surface area contributed by atoms with Crippen molar-refractivity contribution in [3.8, 4) is 0 Å². The molecule has 0 saturated carbocycles. The Morgan fingerprint density at radius 3 is 1.09 bits per heavy atom. The Labute approximate surface area is 278 Å². The summed E-state index contributed by atoms with van der Waals surface area (Å²) in [5, 5.41) is 0. The number of rotatable bonds is 34. The van der Waals surface area contributed by atoms with Crippen LogP contribution < -0.4 is 0 Å². The van der Waals surface area contributed by atoms with Gasteiger partial charge in [0.1, 0.15) is 13.2 Å². The van der Waals surface area contributed by atoms with E-state index in [1.807, 2.05) is 0 Å². The third-order valence-electron chi connectivity index (χ3n) is 8.54. The van der Waals surface area contributed by atoms with Crippen LogP contribution in [0.3, 0.4) is 0 Å². The molecule has 0 radical (unpaired) electrons. The molecule has 266 valence electrons. The van der Waals surface area contributed by atoms with Crippen LogP contribution in [-0.4, -0.2) is 37.2 Å². The summed E-state index contributed by atoms with van der Waals surface area (Å²) >= 11 is 0. The van der Waals surface area contributed by atoms with Gasteiger partial charge in [-0.2, -0.15) is 0 Å². The molecule has 0 bridgehead atoms. The fraction of sp³-hybridized carbons (Fsp3) is 0.923. The molecule has 0 heterocycles. The van der Waals surface area contributed by atoms with Gasteiger partial charge in [-0.25, -0.2) is 0 Å². The maximum absolute atomic E-state index is 12.4. The van der Waals surface area contributed by atoms with Gasteiger partial charge in [-0.15, -0.1) is 0 Å². The lowest BCUT2D eigenvalue weighted by Crippen LogP contribution is -2.30. The zero-order valence-electron chi connectivity index (χ0n) is 30.3. The molecule has 45 heavy (non-hydrogen) atoms. The SMILES string of the molecule is CCCCCCCCCCCCCCC(=O)OC[C@@H](COC(=O)CCCCCCCCCC(C)C)OC(=O)CCCCCCC. The lowest BCUT2D eigenvalue weighted by Gasteiger charge is -2.18. The molecule has 0 aliphatic rings. The van der Waals surface area contributed by atoms with E-state index in [1.54, 1.807) is 0 Å². The van der Waals surface area contributed by atoms with E-state index in [9.17, 15) is 14.4 Å². The van der Waals surface area contributed by atoms with E-state index in [0.29, 0.717) is 19.3 Å². The zero-order chi connectivity index (χ0) is 33.2. The first-order valence-corrected chi connectivity index (χ1v) is 19.4. The van der Waals surface area contributed by atoms with Crippen LogP contribution >= 0.6 is 0 Å². The van der Waals surface area contributed by atoms with Crippen LogP contribution in [0.15, 0.2) is 0 Å². The van der Waals surface area contributed by atoms with Crippen LogP contribution in [0.4, 0.5) is 0 Å². The number of esters is 3. The second-order valence-electron chi connectivity index (χ2n) is 13.7. The Bertz CT molecular complexity index is 676. The van der Waals surface area contributed by atoms with Crippen molar-refractivity contribution in [3.63, 3.8) is 0 Å². The highest BCUT2D eigenvalue weighted by atomic mass is 16.6. The number of unbranched alkanes of at least 4 members (excludes halogenated alkanes) is 21. The van der Waals surface area contributed by atoms with Crippen LogP contribution in [0.2, 0.25) is 0 Å². The molecule has 0 aliphatic carbocycles. The van der Waals surface area contributed by atoms with Gasteiger partial charge in [0.25, 0.3) is 0 Å². The Hall–Kier alpha value is -1.59. The molecule has 0 aromatic rings. The van der Waals surface area contributed by atoms with E-state index in [-0.39, 0.29) is 31.1 Å². The van der Waals surface area contributed by atoms with Crippen molar-refractivity contribution in [3.05, 3.63) is 0 Å². The van der Waals surface area contributed by atoms with Crippen molar-refractivity contribution in [2.24, 2.45) is 5.92 Å². The Morgan fingerprint density at radius 2 is 0.733 bits per heavy atom. The average molecular weight is 639 g/mol. The highest BCUT2D eigenvalue weighted by Gasteiger charge is 2.19. The summed E-state index contributed by atoms with van der Waals surface area (Å²) in [5.41, 5.74) is 0. The second-order valence-corrected chi connectivity index (χ2v) is 13.7. The van der Waals surface area contributed by atoms with Gasteiger partial charge >= 0.3 is 17.9 Å². The van der Waals surface area contributed by atoms with Crippen molar-refractivity contribution in [1.82, 2.24) is 0 Å². The van der Waals surface area contributed by atoms with Gasteiger partial charge in [0.2, 0.25) is 0 Å². The number of hydrogen-bond acceptors (Lipinski definition) is 6. The zero-order valence-corrected chi connectivity index (χ0v) is 30.3. The van der Waals surface area contributed by atoms with Gasteiger partial charge in [-0.3, -0.25) is 14.4 Å². The largest absolute Gasteiger partial charge is 0.462 e. The molecule has 0 aromatic heterocycles. The van der Waals surface area contributed by atoms with Crippen molar-refractivity contribution in [1.29, 1.82) is 0 Å². The fourth-order valence-corrected chi connectivity index (χ4v) is 5.57. The molecule has 1 atom stereocenters. The minimum Gasteiger partial charge on any atom is -0.462 e. The van der Waals surface area contributed by atoms with E-state index in [4.69, 9.17) is 14.2 Å². The molecule has 0 saturated heterocycles. The summed E-state index contributed by atoms with van der Waals surface area (Å²) in [7, 11) is 0. The summed E-state index contributed by atoms with van der Waals surface area (Å²) in [6.07, 6.45) is 29.8. The quantitative estimate of drug-likeness (QED) is 0.0396. The first-order valence-electron chi connectivity index (χ1n) is 19.4. The van der Waals surface area contributed by atoms with Crippen LogP contribution in [0, 0.1) is 5.92 Å². The first kappa shape index (κ1) is 43.4. The van der Waals surface area contributed by atoms with E-state index in [0.717, 1.165) is 70.1 Å². The molecule has 0 amide bonds. The minimum absolute atomic E-state index is 0.0667. The fourth-order valence-electron chi connectivity index (χ4n) is 5.57. The lowest BCUT2D eigenvalue weighted by atomic mass is 10.0.